The monoisotopic (exact) mass is 495 g/mol. The van der Waals surface area contributed by atoms with Gasteiger partial charge >= 0.3 is 12.1 Å². The number of rotatable bonds is 10. The van der Waals surface area contributed by atoms with Crippen molar-refractivity contribution in [1.82, 2.24) is 14.7 Å². The van der Waals surface area contributed by atoms with Crippen LogP contribution < -0.4 is 9.47 Å². The van der Waals surface area contributed by atoms with Crippen molar-refractivity contribution in [2.45, 2.75) is 19.4 Å². The zero-order valence-corrected chi connectivity index (χ0v) is 20.9. The van der Waals surface area contributed by atoms with Gasteiger partial charge in [-0.3, -0.25) is 14.5 Å². The van der Waals surface area contributed by atoms with Crippen molar-refractivity contribution in [3.8, 4) is 11.5 Å². The van der Waals surface area contributed by atoms with E-state index in [0.29, 0.717) is 57.1 Å². The molecule has 0 atom stereocenters. The lowest BCUT2D eigenvalue weighted by molar-refractivity contribution is -0.131. The largest absolute Gasteiger partial charge is 0.492 e. The van der Waals surface area contributed by atoms with Crippen molar-refractivity contribution >= 4 is 17.8 Å². The molecule has 0 saturated carbocycles. The van der Waals surface area contributed by atoms with Crippen LogP contribution >= 0.6 is 0 Å². The summed E-state index contributed by atoms with van der Waals surface area (Å²) < 4.78 is 16.3. The summed E-state index contributed by atoms with van der Waals surface area (Å²) in [5.74, 6) is 1.00. The topological polar surface area (TPSA) is 88.6 Å². The van der Waals surface area contributed by atoms with E-state index in [4.69, 9.17) is 14.2 Å². The number of esters is 1. The summed E-state index contributed by atoms with van der Waals surface area (Å²) in [5, 5.41) is 0. The van der Waals surface area contributed by atoms with Gasteiger partial charge in [0, 0.05) is 56.8 Å². The average molecular weight is 496 g/mol. The normalized spacial score (nSPS) is 15.5. The van der Waals surface area contributed by atoms with Crippen molar-refractivity contribution < 1.29 is 28.6 Å². The predicted octanol–water partition coefficient (Wildman–Crippen LogP) is 2.62. The first-order valence-electron chi connectivity index (χ1n) is 12.2. The fourth-order valence-electron chi connectivity index (χ4n) is 4.11. The van der Waals surface area contributed by atoms with E-state index in [1.54, 1.807) is 23.1 Å². The molecule has 192 valence electrons. The maximum absolute atomic E-state index is 12.6. The van der Waals surface area contributed by atoms with Gasteiger partial charge in [-0.25, -0.2) is 4.79 Å². The Morgan fingerprint density at radius 3 is 2.50 bits per heavy atom. The molecule has 36 heavy (non-hydrogen) atoms. The van der Waals surface area contributed by atoms with Crippen LogP contribution in [0.3, 0.4) is 0 Å². The first-order chi connectivity index (χ1) is 17.4. The number of ketones is 1. The number of amides is 1. The molecule has 0 N–H and O–H groups in total. The van der Waals surface area contributed by atoms with Gasteiger partial charge in [-0.2, -0.15) is 0 Å². The number of carbonyl (C=O) groups is 3. The van der Waals surface area contributed by atoms with Crippen LogP contribution in [0.15, 0.2) is 42.5 Å². The van der Waals surface area contributed by atoms with E-state index >= 15 is 0 Å². The standard InChI is InChI=1S/C27H33N3O6/c1-28(2)15-16-34-23-7-3-20(4-8-23)19-35-27(33)30-13-11-29(12-14-30)10-9-24(31)21-5-6-22-18-26(32)36-25(22)17-21/h3-8,17H,9-16,18-19H2,1-2H3. The number of ether oxygens (including phenoxy) is 3. The molecular formula is C27H33N3O6. The maximum atomic E-state index is 12.6. The van der Waals surface area contributed by atoms with Crippen molar-refractivity contribution in [2.75, 3.05) is 60.0 Å². The molecule has 9 nitrogen and oxygen atoms in total. The van der Waals surface area contributed by atoms with Crippen LogP contribution in [0, 0.1) is 0 Å². The van der Waals surface area contributed by atoms with Crippen molar-refractivity contribution in [2.24, 2.45) is 0 Å². The van der Waals surface area contributed by atoms with Gasteiger partial charge in [0.05, 0.1) is 6.42 Å². The molecule has 0 unspecified atom stereocenters. The highest BCUT2D eigenvalue weighted by Crippen LogP contribution is 2.27. The number of hydrogen-bond acceptors (Lipinski definition) is 8. The van der Waals surface area contributed by atoms with E-state index < -0.39 is 0 Å². The second-order valence-corrected chi connectivity index (χ2v) is 9.33. The summed E-state index contributed by atoms with van der Waals surface area (Å²) >= 11 is 0. The highest BCUT2D eigenvalue weighted by atomic mass is 16.6. The lowest BCUT2D eigenvalue weighted by Gasteiger charge is -2.33. The summed E-state index contributed by atoms with van der Waals surface area (Å²) in [6.45, 7) is 4.76. The lowest BCUT2D eigenvalue weighted by Crippen LogP contribution is -2.49. The van der Waals surface area contributed by atoms with E-state index in [9.17, 15) is 14.4 Å². The highest BCUT2D eigenvalue weighted by molar-refractivity contribution is 5.97. The quantitative estimate of drug-likeness (QED) is 0.282. The zero-order chi connectivity index (χ0) is 25.5. The van der Waals surface area contributed by atoms with Gasteiger partial charge in [0.1, 0.15) is 24.7 Å². The molecule has 1 fully saturated rings. The van der Waals surface area contributed by atoms with Gasteiger partial charge in [-0.15, -0.1) is 0 Å². The van der Waals surface area contributed by atoms with Crippen LogP contribution in [0.5, 0.6) is 11.5 Å². The number of hydrogen-bond donors (Lipinski definition) is 0. The van der Waals surface area contributed by atoms with Gasteiger partial charge in [0.2, 0.25) is 0 Å². The van der Waals surface area contributed by atoms with Crippen molar-refractivity contribution in [3.05, 3.63) is 59.2 Å². The van der Waals surface area contributed by atoms with Gasteiger partial charge in [0.15, 0.2) is 5.78 Å². The Morgan fingerprint density at radius 1 is 1.03 bits per heavy atom. The molecule has 9 heteroatoms. The number of likely N-dealkylation sites (N-methyl/N-ethyl adjacent to an activating group) is 1. The van der Waals surface area contributed by atoms with Crippen LogP contribution in [0.25, 0.3) is 0 Å². The summed E-state index contributed by atoms with van der Waals surface area (Å²) in [4.78, 5) is 42.4. The number of fused-ring (bicyclic) bond motifs is 1. The molecule has 2 aromatic carbocycles. The minimum atomic E-state index is -0.329. The fourth-order valence-corrected chi connectivity index (χ4v) is 4.11. The SMILES string of the molecule is CN(C)CCOc1ccc(COC(=O)N2CCN(CCC(=O)c3ccc4c(c3)OC(=O)C4)CC2)cc1. The molecule has 2 aliphatic heterocycles. The lowest BCUT2D eigenvalue weighted by atomic mass is 10.0. The third-order valence-electron chi connectivity index (χ3n) is 6.33. The minimum Gasteiger partial charge on any atom is -0.492 e. The van der Waals surface area contributed by atoms with E-state index in [1.807, 2.05) is 38.4 Å². The van der Waals surface area contributed by atoms with Gasteiger partial charge in [-0.05, 0) is 37.9 Å². The van der Waals surface area contributed by atoms with Gasteiger partial charge in [-0.1, -0.05) is 24.3 Å². The smallest absolute Gasteiger partial charge is 0.410 e. The maximum Gasteiger partial charge on any atom is 0.410 e. The zero-order valence-electron chi connectivity index (χ0n) is 20.9. The summed E-state index contributed by atoms with van der Waals surface area (Å²) in [6, 6.07) is 12.8. The fraction of sp³-hybridized carbons (Fsp3) is 0.444. The first kappa shape index (κ1) is 25.7. The average Bonchev–Trinajstić information content (AvgIpc) is 3.26. The number of piperazine rings is 1. The van der Waals surface area contributed by atoms with E-state index in [-0.39, 0.29) is 30.9 Å². The molecule has 2 heterocycles. The number of benzene rings is 2. The summed E-state index contributed by atoms with van der Waals surface area (Å²) in [5.41, 5.74) is 2.28. The molecule has 0 aromatic heterocycles. The second kappa shape index (κ2) is 12.0. The third-order valence-corrected chi connectivity index (χ3v) is 6.33. The van der Waals surface area contributed by atoms with Crippen LogP contribution in [0.4, 0.5) is 4.79 Å². The Labute approximate surface area is 211 Å². The molecule has 0 aliphatic carbocycles. The summed E-state index contributed by atoms with van der Waals surface area (Å²) in [6.07, 6.45) is 0.297. The molecule has 2 aromatic rings. The molecule has 0 radical (unpaired) electrons. The molecular weight excluding hydrogens is 462 g/mol. The van der Waals surface area contributed by atoms with Crippen molar-refractivity contribution in [1.29, 1.82) is 0 Å². The second-order valence-electron chi connectivity index (χ2n) is 9.33. The van der Waals surface area contributed by atoms with Crippen LogP contribution in [-0.4, -0.2) is 92.5 Å². The summed E-state index contributed by atoms with van der Waals surface area (Å²) in [7, 11) is 4.00. The Kier molecular flexibility index (Phi) is 8.56. The number of Topliss-reactive ketones (excluding diaryl/α,β-unsaturated/α-hetero) is 1. The number of nitrogens with zero attached hydrogens (tertiary/aromatic N) is 3. The molecule has 1 amide bonds. The van der Waals surface area contributed by atoms with Crippen molar-refractivity contribution in [3.63, 3.8) is 0 Å². The number of carbonyl (C=O) groups excluding carboxylic acids is 3. The Balaban J connectivity index is 1.14. The van der Waals surface area contributed by atoms with E-state index in [1.165, 1.54) is 0 Å². The van der Waals surface area contributed by atoms with Gasteiger partial charge in [0.25, 0.3) is 0 Å². The molecule has 0 spiro atoms. The van der Waals surface area contributed by atoms with Gasteiger partial charge < -0.3 is 24.0 Å². The van der Waals surface area contributed by atoms with Crippen LogP contribution in [0.1, 0.15) is 27.9 Å². The predicted molar refractivity (Wildman–Crippen MR) is 133 cm³/mol. The third kappa shape index (κ3) is 7.05. The molecule has 1 saturated heterocycles. The molecule has 2 aliphatic rings. The first-order valence-corrected chi connectivity index (χ1v) is 12.2. The van der Waals surface area contributed by atoms with Crippen LogP contribution in [-0.2, 0) is 22.6 Å². The van der Waals surface area contributed by atoms with Crippen LogP contribution in [0.2, 0.25) is 0 Å². The Morgan fingerprint density at radius 2 is 1.78 bits per heavy atom. The van der Waals surface area contributed by atoms with E-state index in [0.717, 1.165) is 23.4 Å². The Bertz CT molecular complexity index is 1080. The molecule has 0 bridgehead atoms. The molecule has 4 rings (SSSR count). The Hall–Kier alpha value is -3.43. The van der Waals surface area contributed by atoms with E-state index in [2.05, 4.69) is 9.80 Å². The highest BCUT2D eigenvalue weighted by Gasteiger charge is 2.24. The minimum absolute atomic E-state index is 0.0108.